The van der Waals surface area contributed by atoms with Gasteiger partial charge in [-0.25, -0.2) is 4.79 Å². The third-order valence-corrected chi connectivity index (χ3v) is 4.85. The standard InChI is InChI=1S/C20H15BrN2O3/c21-13-5-6-18-15(9-13)16(11-23-18)19(24)20(25)26-8-7-12-10-22-17-4-2-1-3-14(12)17/h1-6,9-11,22-23H,7-8H2. The molecule has 26 heavy (non-hydrogen) atoms. The van der Waals surface area contributed by atoms with E-state index < -0.39 is 11.8 Å². The molecule has 0 radical (unpaired) electrons. The number of rotatable bonds is 5. The predicted octanol–water partition coefficient (Wildman–Crippen LogP) is 4.38. The molecule has 0 amide bonds. The van der Waals surface area contributed by atoms with Gasteiger partial charge in [0.05, 0.1) is 12.2 Å². The van der Waals surface area contributed by atoms with Crippen LogP contribution in [0.5, 0.6) is 0 Å². The maximum atomic E-state index is 12.4. The molecule has 0 unspecified atom stereocenters. The fraction of sp³-hybridized carbons (Fsp3) is 0.100. The number of fused-ring (bicyclic) bond motifs is 2. The van der Waals surface area contributed by atoms with Gasteiger partial charge < -0.3 is 14.7 Å². The largest absolute Gasteiger partial charge is 0.459 e. The maximum Gasteiger partial charge on any atom is 0.379 e. The molecule has 0 saturated carbocycles. The highest BCUT2D eigenvalue weighted by Gasteiger charge is 2.21. The Morgan fingerprint density at radius 3 is 2.62 bits per heavy atom. The van der Waals surface area contributed by atoms with Crippen molar-refractivity contribution >= 4 is 49.5 Å². The average molecular weight is 411 g/mol. The molecule has 2 aromatic carbocycles. The van der Waals surface area contributed by atoms with Crippen LogP contribution in [0.15, 0.2) is 59.3 Å². The van der Waals surface area contributed by atoms with Crippen molar-refractivity contribution in [1.29, 1.82) is 0 Å². The fourth-order valence-electron chi connectivity index (χ4n) is 3.05. The van der Waals surface area contributed by atoms with Crippen LogP contribution in [-0.4, -0.2) is 28.3 Å². The third-order valence-electron chi connectivity index (χ3n) is 4.35. The van der Waals surface area contributed by atoms with Crippen molar-refractivity contribution in [3.63, 3.8) is 0 Å². The van der Waals surface area contributed by atoms with E-state index in [1.807, 2.05) is 42.6 Å². The molecule has 4 aromatic rings. The number of hydrogen-bond donors (Lipinski definition) is 2. The second-order valence-electron chi connectivity index (χ2n) is 5.97. The lowest BCUT2D eigenvalue weighted by molar-refractivity contribution is -0.138. The zero-order valence-electron chi connectivity index (χ0n) is 13.7. The third kappa shape index (κ3) is 3.04. The van der Waals surface area contributed by atoms with Crippen molar-refractivity contribution in [3.8, 4) is 0 Å². The van der Waals surface area contributed by atoms with Gasteiger partial charge in [-0.05, 0) is 29.8 Å². The Kier molecular flexibility index (Phi) is 4.34. The van der Waals surface area contributed by atoms with Gasteiger partial charge in [0.15, 0.2) is 0 Å². The molecule has 0 aliphatic rings. The van der Waals surface area contributed by atoms with E-state index in [0.29, 0.717) is 17.4 Å². The summed E-state index contributed by atoms with van der Waals surface area (Å²) in [6.07, 6.45) is 3.99. The molecule has 0 bridgehead atoms. The Morgan fingerprint density at radius 1 is 0.962 bits per heavy atom. The molecule has 2 N–H and O–H groups in total. The Labute approximate surface area is 157 Å². The van der Waals surface area contributed by atoms with E-state index in [4.69, 9.17) is 4.74 Å². The quantitative estimate of drug-likeness (QED) is 0.291. The number of nitrogens with one attached hydrogen (secondary N) is 2. The molecule has 0 atom stereocenters. The van der Waals surface area contributed by atoms with Crippen LogP contribution in [0.1, 0.15) is 15.9 Å². The van der Waals surface area contributed by atoms with E-state index >= 15 is 0 Å². The summed E-state index contributed by atoms with van der Waals surface area (Å²) in [4.78, 5) is 30.8. The molecule has 4 rings (SSSR count). The van der Waals surface area contributed by atoms with Crippen molar-refractivity contribution in [3.05, 3.63) is 70.5 Å². The highest BCUT2D eigenvalue weighted by Crippen LogP contribution is 2.23. The van der Waals surface area contributed by atoms with Crippen LogP contribution in [0.25, 0.3) is 21.8 Å². The van der Waals surface area contributed by atoms with E-state index in [1.165, 1.54) is 0 Å². The summed E-state index contributed by atoms with van der Waals surface area (Å²) in [5.74, 6) is -1.49. The highest BCUT2D eigenvalue weighted by molar-refractivity contribution is 9.10. The monoisotopic (exact) mass is 410 g/mol. The number of benzene rings is 2. The van der Waals surface area contributed by atoms with Crippen LogP contribution >= 0.6 is 15.9 Å². The summed E-state index contributed by atoms with van der Waals surface area (Å²) in [5, 5.41) is 1.79. The second-order valence-corrected chi connectivity index (χ2v) is 6.88. The molecule has 2 aromatic heterocycles. The van der Waals surface area contributed by atoms with Gasteiger partial charge in [-0.3, -0.25) is 4.79 Å². The first-order valence-electron chi connectivity index (χ1n) is 8.16. The summed E-state index contributed by atoms with van der Waals surface area (Å²) < 4.78 is 6.04. The molecule has 0 aliphatic heterocycles. The molecule has 0 spiro atoms. The average Bonchev–Trinajstić information content (AvgIpc) is 3.25. The zero-order chi connectivity index (χ0) is 18.1. The Morgan fingerprint density at radius 2 is 1.73 bits per heavy atom. The number of carbonyl (C=O) groups is 2. The Bertz CT molecular complexity index is 1130. The van der Waals surface area contributed by atoms with Crippen molar-refractivity contribution in [2.45, 2.75) is 6.42 Å². The molecular formula is C20H15BrN2O3. The lowest BCUT2D eigenvalue weighted by Gasteiger charge is -2.03. The van der Waals surface area contributed by atoms with Crippen LogP contribution < -0.4 is 0 Å². The minimum Gasteiger partial charge on any atom is -0.459 e. The summed E-state index contributed by atoms with van der Waals surface area (Å²) in [5.41, 5.74) is 3.20. The van der Waals surface area contributed by atoms with Crippen molar-refractivity contribution in [1.82, 2.24) is 9.97 Å². The van der Waals surface area contributed by atoms with Crippen LogP contribution in [0.3, 0.4) is 0 Å². The first-order valence-corrected chi connectivity index (χ1v) is 8.96. The number of esters is 1. The molecular weight excluding hydrogens is 396 g/mol. The number of halogens is 1. The van der Waals surface area contributed by atoms with Crippen LogP contribution in [0.2, 0.25) is 0 Å². The van der Waals surface area contributed by atoms with Gasteiger partial charge in [-0.2, -0.15) is 0 Å². The fourth-order valence-corrected chi connectivity index (χ4v) is 3.41. The number of carbonyl (C=O) groups excluding carboxylic acids is 2. The van der Waals surface area contributed by atoms with Gasteiger partial charge >= 0.3 is 5.97 Å². The lowest BCUT2D eigenvalue weighted by Crippen LogP contribution is -2.18. The lowest BCUT2D eigenvalue weighted by atomic mass is 10.1. The minimum absolute atomic E-state index is 0.151. The molecule has 5 nitrogen and oxygen atoms in total. The molecule has 2 heterocycles. The molecule has 0 aliphatic carbocycles. The maximum absolute atomic E-state index is 12.4. The molecule has 130 valence electrons. The minimum atomic E-state index is -0.842. The van der Waals surface area contributed by atoms with Crippen LogP contribution in [-0.2, 0) is 16.0 Å². The summed E-state index contributed by atoms with van der Waals surface area (Å²) in [6, 6.07) is 13.4. The second kappa shape index (κ2) is 6.80. The smallest absolute Gasteiger partial charge is 0.379 e. The summed E-state index contributed by atoms with van der Waals surface area (Å²) in [7, 11) is 0. The number of H-pyrrole nitrogens is 2. The number of Topliss-reactive ketones (excluding diaryl/α,β-unsaturated/α-hetero) is 1. The Balaban J connectivity index is 1.44. The number of hydrogen-bond acceptors (Lipinski definition) is 3. The predicted molar refractivity (Wildman–Crippen MR) is 103 cm³/mol. The highest BCUT2D eigenvalue weighted by atomic mass is 79.9. The van der Waals surface area contributed by atoms with Crippen molar-refractivity contribution < 1.29 is 14.3 Å². The van der Waals surface area contributed by atoms with Gasteiger partial charge in [-0.1, -0.05) is 34.1 Å². The number of ketones is 1. The summed E-state index contributed by atoms with van der Waals surface area (Å²) in [6.45, 7) is 0.151. The zero-order valence-corrected chi connectivity index (χ0v) is 15.3. The molecule has 0 saturated heterocycles. The first kappa shape index (κ1) is 16.6. The van der Waals surface area contributed by atoms with E-state index in [-0.39, 0.29) is 6.61 Å². The van der Waals surface area contributed by atoms with Crippen molar-refractivity contribution in [2.24, 2.45) is 0 Å². The number of ether oxygens (including phenoxy) is 1. The van der Waals surface area contributed by atoms with Crippen molar-refractivity contribution in [2.75, 3.05) is 6.61 Å². The summed E-state index contributed by atoms with van der Waals surface area (Å²) >= 11 is 3.38. The molecule has 0 fully saturated rings. The van der Waals surface area contributed by atoms with Gasteiger partial charge in [0.1, 0.15) is 0 Å². The van der Waals surface area contributed by atoms with E-state index in [0.717, 1.165) is 26.5 Å². The van der Waals surface area contributed by atoms with Crippen LogP contribution in [0, 0.1) is 0 Å². The van der Waals surface area contributed by atoms with Gasteiger partial charge in [0.25, 0.3) is 5.78 Å². The SMILES string of the molecule is O=C(OCCc1c[nH]c2ccccc12)C(=O)c1c[nH]c2ccc(Br)cc12. The number of aromatic amines is 2. The topological polar surface area (TPSA) is 75.0 Å². The molecule has 6 heteroatoms. The Hall–Kier alpha value is -2.86. The normalized spacial score (nSPS) is 11.1. The van der Waals surface area contributed by atoms with Gasteiger partial charge in [0.2, 0.25) is 0 Å². The van der Waals surface area contributed by atoms with E-state index in [9.17, 15) is 9.59 Å². The van der Waals surface area contributed by atoms with Crippen LogP contribution in [0.4, 0.5) is 0 Å². The van der Waals surface area contributed by atoms with E-state index in [2.05, 4.69) is 25.9 Å². The number of aromatic nitrogens is 2. The van der Waals surface area contributed by atoms with Gasteiger partial charge in [0, 0.05) is 45.1 Å². The number of para-hydroxylation sites is 1. The van der Waals surface area contributed by atoms with E-state index in [1.54, 1.807) is 12.3 Å². The first-order chi connectivity index (χ1) is 12.6. The van der Waals surface area contributed by atoms with Gasteiger partial charge in [-0.15, -0.1) is 0 Å².